The summed E-state index contributed by atoms with van der Waals surface area (Å²) in [5.41, 5.74) is 7.67. The highest BCUT2D eigenvalue weighted by Gasteiger charge is 2.31. The molecule has 202 valence electrons. The van der Waals surface area contributed by atoms with E-state index in [0.29, 0.717) is 0 Å². The van der Waals surface area contributed by atoms with Crippen molar-refractivity contribution in [2.75, 3.05) is 6.61 Å². The summed E-state index contributed by atoms with van der Waals surface area (Å²) in [6, 6.07) is 2.20. The normalized spacial score (nSPS) is 14.4. The summed E-state index contributed by atoms with van der Waals surface area (Å²) < 4.78 is 0. The maximum Gasteiger partial charge on any atom is 0.326 e. The molecular formula is C24H33N5O8. The van der Waals surface area contributed by atoms with Gasteiger partial charge in [-0.2, -0.15) is 0 Å². The summed E-state index contributed by atoms with van der Waals surface area (Å²) in [6.45, 7) is 2.32. The number of aromatic amines is 1. The number of amides is 3. The highest BCUT2D eigenvalue weighted by molar-refractivity contribution is 5.94. The summed E-state index contributed by atoms with van der Waals surface area (Å²) in [4.78, 5) is 63.6. The lowest BCUT2D eigenvalue weighted by molar-refractivity contribution is -0.144. The van der Waals surface area contributed by atoms with Gasteiger partial charge in [0, 0.05) is 23.5 Å². The predicted octanol–water partition coefficient (Wildman–Crippen LogP) is -0.910. The summed E-state index contributed by atoms with van der Waals surface area (Å²) >= 11 is 0. The van der Waals surface area contributed by atoms with E-state index in [2.05, 4.69) is 20.9 Å². The third kappa shape index (κ3) is 8.29. The molecule has 4 atom stereocenters. The number of H-pyrrole nitrogens is 1. The number of hydrogen-bond acceptors (Lipinski definition) is 7. The van der Waals surface area contributed by atoms with Crippen LogP contribution in [-0.2, 0) is 30.4 Å². The molecule has 0 aliphatic heterocycles. The van der Waals surface area contributed by atoms with Crippen molar-refractivity contribution in [2.45, 2.75) is 57.3 Å². The number of aliphatic hydroxyl groups is 1. The van der Waals surface area contributed by atoms with Crippen molar-refractivity contribution in [3.8, 4) is 0 Å². The molecule has 0 saturated heterocycles. The number of carboxylic acid groups (broad SMARTS) is 2. The minimum atomic E-state index is -1.48. The Morgan fingerprint density at radius 2 is 1.57 bits per heavy atom. The quantitative estimate of drug-likeness (QED) is 0.154. The van der Waals surface area contributed by atoms with Gasteiger partial charge in [0.1, 0.15) is 18.1 Å². The van der Waals surface area contributed by atoms with Crippen molar-refractivity contribution >= 4 is 40.6 Å². The van der Waals surface area contributed by atoms with Gasteiger partial charge in [-0.25, -0.2) is 4.79 Å². The number of aliphatic hydroxyl groups excluding tert-OH is 1. The molecule has 9 N–H and O–H groups in total. The number of hydrogen-bond donors (Lipinski definition) is 8. The van der Waals surface area contributed by atoms with Crippen LogP contribution in [0.25, 0.3) is 10.9 Å². The largest absolute Gasteiger partial charge is 0.481 e. The Hall–Kier alpha value is -3.97. The molecule has 0 aliphatic rings. The van der Waals surface area contributed by atoms with E-state index in [1.54, 1.807) is 20.0 Å². The lowest BCUT2D eigenvalue weighted by atomic mass is 10.0. The number of benzene rings is 1. The van der Waals surface area contributed by atoms with Crippen LogP contribution in [0.3, 0.4) is 0 Å². The molecule has 13 heteroatoms. The Bertz CT molecular complexity index is 1130. The second kappa shape index (κ2) is 13.4. The van der Waals surface area contributed by atoms with Gasteiger partial charge in [-0.15, -0.1) is 0 Å². The van der Waals surface area contributed by atoms with Crippen molar-refractivity contribution in [2.24, 2.45) is 11.7 Å². The molecule has 4 unspecified atom stereocenters. The number of carboxylic acids is 2. The number of para-hydroxylation sites is 1. The molecule has 0 radical (unpaired) electrons. The summed E-state index contributed by atoms with van der Waals surface area (Å²) in [7, 11) is 0. The molecule has 0 fully saturated rings. The topological polar surface area (TPSA) is 224 Å². The first kappa shape index (κ1) is 29.3. The first-order valence-electron chi connectivity index (χ1n) is 11.7. The lowest BCUT2D eigenvalue weighted by Crippen LogP contribution is -2.58. The molecule has 0 saturated carbocycles. The first-order valence-corrected chi connectivity index (χ1v) is 11.7. The lowest BCUT2D eigenvalue weighted by Gasteiger charge is -2.25. The average Bonchev–Trinajstić information content (AvgIpc) is 3.25. The van der Waals surface area contributed by atoms with Crippen LogP contribution < -0.4 is 21.7 Å². The predicted molar refractivity (Wildman–Crippen MR) is 132 cm³/mol. The maximum atomic E-state index is 12.8. The van der Waals surface area contributed by atoms with Crippen LogP contribution in [0.2, 0.25) is 0 Å². The highest BCUT2D eigenvalue weighted by Crippen LogP contribution is 2.18. The van der Waals surface area contributed by atoms with Gasteiger partial charge < -0.3 is 42.0 Å². The van der Waals surface area contributed by atoms with Gasteiger partial charge in [-0.1, -0.05) is 32.0 Å². The maximum absolute atomic E-state index is 12.8. The van der Waals surface area contributed by atoms with Gasteiger partial charge in [-0.05, 0) is 30.4 Å². The number of nitrogens with one attached hydrogen (secondary N) is 4. The molecular weight excluding hydrogens is 486 g/mol. The SMILES string of the molecule is CC(C)C(NC(=O)C(CCC(=O)O)NC(=O)C(CO)NC(=O)C(N)Cc1c[nH]c2ccccc12)C(=O)O. The third-order valence-electron chi connectivity index (χ3n) is 5.78. The van der Waals surface area contributed by atoms with Gasteiger partial charge >= 0.3 is 11.9 Å². The zero-order chi connectivity index (χ0) is 27.7. The third-order valence-corrected chi connectivity index (χ3v) is 5.78. The smallest absolute Gasteiger partial charge is 0.326 e. The number of carbonyl (C=O) groups excluding carboxylic acids is 3. The van der Waals surface area contributed by atoms with Gasteiger partial charge in [0.05, 0.1) is 12.6 Å². The fraction of sp³-hybridized carbons (Fsp3) is 0.458. The van der Waals surface area contributed by atoms with Crippen molar-refractivity contribution in [3.05, 3.63) is 36.0 Å². The fourth-order valence-electron chi connectivity index (χ4n) is 3.68. The van der Waals surface area contributed by atoms with Crippen LogP contribution in [-0.4, -0.2) is 80.7 Å². The first-order chi connectivity index (χ1) is 17.4. The minimum absolute atomic E-state index is 0.144. The Balaban J connectivity index is 2.06. The van der Waals surface area contributed by atoms with Crippen LogP contribution in [0, 0.1) is 5.92 Å². The zero-order valence-electron chi connectivity index (χ0n) is 20.6. The molecule has 37 heavy (non-hydrogen) atoms. The Morgan fingerprint density at radius 3 is 2.16 bits per heavy atom. The van der Waals surface area contributed by atoms with E-state index in [4.69, 9.17) is 10.8 Å². The van der Waals surface area contributed by atoms with E-state index < -0.39 is 72.8 Å². The van der Waals surface area contributed by atoms with E-state index in [9.17, 15) is 34.2 Å². The van der Waals surface area contributed by atoms with Crippen molar-refractivity contribution < 1.29 is 39.3 Å². The highest BCUT2D eigenvalue weighted by atomic mass is 16.4. The Morgan fingerprint density at radius 1 is 0.946 bits per heavy atom. The second-order valence-electron chi connectivity index (χ2n) is 8.98. The van der Waals surface area contributed by atoms with Crippen LogP contribution in [0.5, 0.6) is 0 Å². The summed E-state index contributed by atoms with van der Waals surface area (Å²) in [6.07, 6.45) is 1.03. The standard InChI is InChI=1S/C24H33N5O8/c1-12(2)20(24(36)37)29-22(34)17(7-8-19(31)32)27-23(35)18(11-30)28-21(33)15(25)9-13-10-26-16-6-4-3-5-14(13)16/h3-6,10,12,15,17-18,20,26,30H,7-9,11,25H2,1-2H3,(H,27,35)(H,28,33)(H,29,34)(H,31,32)(H,36,37). The van der Waals surface area contributed by atoms with Crippen LogP contribution in [0.15, 0.2) is 30.5 Å². The van der Waals surface area contributed by atoms with Crippen LogP contribution in [0.4, 0.5) is 0 Å². The summed E-state index contributed by atoms with van der Waals surface area (Å²) in [5, 5.41) is 35.8. The fourth-order valence-corrected chi connectivity index (χ4v) is 3.68. The van der Waals surface area contributed by atoms with E-state index in [-0.39, 0.29) is 12.8 Å². The van der Waals surface area contributed by atoms with Crippen molar-refractivity contribution in [3.63, 3.8) is 0 Å². The van der Waals surface area contributed by atoms with Crippen molar-refractivity contribution in [1.82, 2.24) is 20.9 Å². The molecule has 1 aromatic carbocycles. The Kier molecular flexibility index (Phi) is 10.6. The molecule has 3 amide bonds. The van der Waals surface area contributed by atoms with Crippen LogP contribution >= 0.6 is 0 Å². The summed E-state index contributed by atoms with van der Waals surface area (Å²) in [5.74, 6) is -5.61. The molecule has 0 bridgehead atoms. The van der Waals surface area contributed by atoms with E-state index in [1.807, 2.05) is 24.3 Å². The Labute approximate surface area is 212 Å². The number of carbonyl (C=O) groups is 5. The van der Waals surface area contributed by atoms with E-state index in [1.165, 1.54) is 0 Å². The monoisotopic (exact) mass is 519 g/mol. The molecule has 1 aromatic heterocycles. The molecule has 0 aliphatic carbocycles. The number of aromatic nitrogens is 1. The minimum Gasteiger partial charge on any atom is -0.481 e. The molecule has 2 aromatic rings. The molecule has 2 rings (SSSR count). The van der Waals surface area contributed by atoms with E-state index >= 15 is 0 Å². The van der Waals surface area contributed by atoms with Gasteiger partial charge in [-0.3, -0.25) is 19.2 Å². The number of fused-ring (bicyclic) bond motifs is 1. The van der Waals surface area contributed by atoms with Crippen molar-refractivity contribution in [1.29, 1.82) is 0 Å². The number of aliphatic carboxylic acids is 2. The van der Waals surface area contributed by atoms with Gasteiger partial charge in [0.25, 0.3) is 0 Å². The van der Waals surface area contributed by atoms with Gasteiger partial charge in [0.2, 0.25) is 17.7 Å². The van der Waals surface area contributed by atoms with E-state index in [0.717, 1.165) is 16.5 Å². The molecule has 0 spiro atoms. The zero-order valence-corrected chi connectivity index (χ0v) is 20.6. The average molecular weight is 520 g/mol. The van der Waals surface area contributed by atoms with Crippen LogP contribution in [0.1, 0.15) is 32.3 Å². The number of nitrogens with two attached hydrogens (primary N) is 1. The second-order valence-corrected chi connectivity index (χ2v) is 8.98. The van der Waals surface area contributed by atoms with Gasteiger partial charge in [0.15, 0.2) is 0 Å². The number of rotatable bonds is 14. The molecule has 1 heterocycles. The molecule has 13 nitrogen and oxygen atoms in total.